The summed E-state index contributed by atoms with van der Waals surface area (Å²) < 4.78 is 19.0. The van der Waals surface area contributed by atoms with Gasteiger partial charge in [-0.05, 0) is 35.4 Å². The Morgan fingerprint density at radius 1 is 0.897 bits per heavy atom. The lowest BCUT2D eigenvalue weighted by molar-refractivity contribution is -0.121. The molecule has 0 bridgehead atoms. The molecule has 1 aromatic heterocycles. The van der Waals surface area contributed by atoms with Gasteiger partial charge in [0.1, 0.15) is 11.9 Å². The van der Waals surface area contributed by atoms with Gasteiger partial charge in [0, 0.05) is 5.56 Å². The molecule has 0 fully saturated rings. The second-order valence-corrected chi connectivity index (χ2v) is 6.53. The molecule has 1 N–H and O–H groups in total. The summed E-state index contributed by atoms with van der Waals surface area (Å²) in [5.74, 6) is 0.109. The van der Waals surface area contributed by atoms with Crippen LogP contribution in [0.3, 0.4) is 0 Å². The third kappa shape index (κ3) is 4.55. The lowest BCUT2D eigenvalue weighted by Gasteiger charge is -2.16. The molecule has 1 unspecified atom stereocenters. The summed E-state index contributed by atoms with van der Waals surface area (Å²) in [6.07, 6.45) is 0.114. The first-order chi connectivity index (χ1) is 14.2. The molecule has 4 aromatic rings. The molecule has 3 aromatic carbocycles. The van der Waals surface area contributed by atoms with E-state index in [1.807, 2.05) is 60.7 Å². The second kappa shape index (κ2) is 8.48. The van der Waals surface area contributed by atoms with Crippen LogP contribution in [0, 0.1) is 5.82 Å². The molecule has 0 radical (unpaired) electrons. The molecule has 1 heterocycles. The average molecular weight is 387 g/mol. The van der Waals surface area contributed by atoms with Crippen molar-refractivity contribution in [2.24, 2.45) is 0 Å². The minimum atomic E-state index is -0.589. The van der Waals surface area contributed by atoms with Crippen molar-refractivity contribution in [3.63, 3.8) is 0 Å². The van der Waals surface area contributed by atoms with E-state index in [1.54, 1.807) is 12.1 Å². The van der Waals surface area contributed by atoms with Crippen LogP contribution in [-0.4, -0.2) is 16.1 Å². The SMILES string of the molecule is O=C(Cc1ccc(F)cc1)NC(c1ccccc1)c1nnc(-c2ccccc2)o1. The van der Waals surface area contributed by atoms with Crippen LogP contribution in [0.15, 0.2) is 89.3 Å². The van der Waals surface area contributed by atoms with Gasteiger partial charge in [-0.15, -0.1) is 10.2 Å². The fraction of sp³-hybridized carbons (Fsp3) is 0.0870. The minimum absolute atomic E-state index is 0.114. The molecule has 0 saturated carbocycles. The van der Waals surface area contributed by atoms with Crippen LogP contribution < -0.4 is 5.32 Å². The molecular formula is C23H18FN3O2. The van der Waals surface area contributed by atoms with Crippen LogP contribution in [0.5, 0.6) is 0 Å². The number of carbonyl (C=O) groups is 1. The number of nitrogens with zero attached hydrogens (tertiary/aromatic N) is 2. The zero-order valence-corrected chi connectivity index (χ0v) is 15.5. The van der Waals surface area contributed by atoms with Crippen molar-refractivity contribution in [3.8, 4) is 11.5 Å². The van der Waals surface area contributed by atoms with Crippen LogP contribution in [0.1, 0.15) is 23.1 Å². The molecule has 29 heavy (non-hydrogen) atoms. The number of hydrogen-bond donors (Lipinski definition) is 1. The maximum Gasteiger partial charge on any atom is 0.247 e. The minimum Gasteiger partial charge on any atom is -0.418 e. The van der Waals surface area contributed by atoms with Gasteiger partial charge in [0.2, 0.25) is 17.7 Å². The topological polar surface area (TPSA) is 68.0 Å². The zero-order chi connectivity index (χ0) is 20.1. The first-order valence-corrected chi connectivity index (χ1v) is 9.16. The molecule has 0 saturated heterocycles. The molecule has 1 amide bonds. The molecule has 0 aliphatic rings. The van der Waals surface area contributed by atoms with E-state index in [1.165, 1.54) is 12.1 Å². The Hall–Kier alpha value is -3.80. The number of aromatic nitrogens is 2. The summed E-state index contributed by atoms with van der Waals surface area (Å²) in [5.41, 5.74) is 2.34. The molecule has 5 nitrogen and oxygen atoms in total. The maximum absolute atomic E-state index is 13.1. The molecule has 0 aliphatic carbocycles. The fourth-order valence-corrected chi connectivity index (χ4v) is 2.98. The molecule has 144 valence electrons. The highest BCUT2D eigenvalue weighted by Gasteiger charge is 2.23. The quantitative estimate of drug-likeness (QED) is 0.535. The molecule has 0 aliphatic heterocycles. The Morgan fingerprint density at radius 2 is 1.55 bits per heavy atom. The number of rotatable bonds is 6. The third-order valence-electron chi connectivity index (χ3n) is 4.42. The van der Waals surface area contributed by atoms with Crippen LogP contribution in [-0.2, 0) is 11.2 Å². The maximum atomic E-state index is 13.1. The van der Waals surface area contributed by atoms with Crippen LogP contribution in [0.4, 0.5) is 4.39 Å². The Labute approximate surface area is 167 Å². The third-order valence-corrected chi connectivity index (χ3v) is 4.42. The summed E-state index contributed by atoms with van der Waals surface area (Å²) in [6, 6.07) is 24.1. The number of hydrogen-bond acceptors (Lipinski definition) is 4. The molecule has 4 rings (SSSR count). The van der Waals surface area contributed by atoms with Crippen LogP contribution >= 0.6 is 0 Å². The summed E-state index contributed by atoms with van der Waals surface area (Å²) >= 11 is 0. The van der Waals surface area contributed by atoms with Crippen molar-refractivity contribution >= 4 is 5.91 Å². The van der Waals surface area contributed by atoms with Gasteiger partial charge in [-0.2, -0.15) is 0 Å². The van der Waals surface area contributed by atoms with Crippen molar-refractivity contribution in [2.75, 3.05) is 0 Å². The van der Waals surface area contributed by atoms with Gasteiger partial charge < -0.3 is 9.73 Å². The number of amides is 1. The summed E-state index contributed by atoms with van der Waals surface area (Å²) in [5, 5.41) is 11.2. The number of nitrogens with one attached hydrogen (secondary N) is 1. The smallest absolute Gasteiger partial charge is 0.247 e. The largest absolute Gasteiger partial charge is 0.418 e. The van der Waals surface area contributed by atoms with E-state index in [2.05, 4.69) is 15.5 Å². The van der Waals surface area contributed by atoms with Gasteiger partial charge in [0.15, 0.2) is 0 Å². The molecular weight excluding hydrogens is 369 g/mol. The van der Waals surface area contributed by atoms with E-state index in [9.17, 15) is 9.18 Å². The highest BCUT2D eigenvalue weighted by atomic mass is 19.1. The zero-order valence-electron chi connectivity index (χ0n) is 15.5. The highest BCUT2D eigenvalue weighted by molar-refractivity contribution is 5.79. The summed E-state index contributed by atoms with van der Waals surface area (Å²) in [4.78, 5) is 12.6. The van der Waals surface area contributed by atoms with E-state index >= 15 is 0 Å². The van der Waals surface area contributed by atoms with Crippen molar-refractivity contribution in [2.45, 2.75) is 12.5 Å². The monoisotopic (exact) mass is 387 g/mol. The Kier molecular flexibility index (Phi) is 5.42. The Balaban J connectivity index is 1.58. The second-order valence-electron chi connectivity index (χ2n) is 6.53. The van der Waals surface area contributed by atoms with E-state index < -0.39 is 6.04 Å². The fourth-order valence-electron chi connectivity index (χ4n) is 2.98. The summed E-state index contributed by atoms with van der Waals surface area (Å²) in [6.45, 7) is 0. The predicted molar refractivity (Wildman–Crippen MR) is 106 cm³/mol. The first kappa shape index (κ1) is 18.6. The van der Waals surface area contributed by atoms with Gasteiger partial charge in [0.25, 0.3) is 0 Å². The first-order valence-electron chi connectivity index (χ1n) is 9.16. The Bertz CT molecular complexity index is 1080. The van der Waals surface area contributed by atoms with Crippen molar-refractivity contribution in [1.82, 2.24) is 15.5 Å². The number of carbonyl (C=O) groups excluding carboxylic acids is 1. The highest BCUT2D eigenvalue weighted by Crippen LogP contribution is 2.25. The van der Waals surface area contributed by atoms with Crippen molar-refractivity contribution < 1.29 is 13.6 Å². The van der Waals surface area contributed by atoms with E-state index in [-0.39, 0.29) is 18.1 Å². The van der Waals surface area contributed by atoms with Crippen LogP contribution in [0.2, 0.25) is 0 Å². The van der Waals surface area contributed by atoms with E-state index in [0.29, 0.717) is 17.3 Å². The number of halogens is 1. The molecule has 6 heteroatoms. The molecule has 1 atom stereocenters. The van der Waals surface area contributed by atoms with Crippen molar-refractivity contribution in [1.29, 1.82) is 0 Å². The lowest BCUT2D eigenvalue weighted by Crippen LogP contribution is -2.30. The number of benzene rings is 3. The van der Waals surface area contributed by atoms with Gasteiger partial charge >= 0.3 is 0 Å². The lowest BCUT2D eigenvalue weighted by atomic mass is 10.1. The molecule has 0 spiro atoms. The van der Waals surface area contributed by atoms with Gasteiger partial charge in [0.05, 0.1) is 6.42 Å². The van der Waals surface area contributed by atoms with Gasteiger partial charge in [-0.3, -0.25) is 4.79 Å². The normalized spacial score (nSPS) is 11.8. The van der Waals surface area contributed by atoms with Gasteiger partial charge in [-0.1, -0.05) is 60.7 Å². The average Bonchev–Trinajstić information content (AvgIpc) is 3.25. The standard InChI is InChI=1S/C23H18FN3O2/c24-19-13-11-16(12-14-19)15-20(28)25-21(17-7-3-1-4-8-17)23-27-26-22(29-23)18-9-5-2-6-10-18/h1-14,21H,15H2,(H,25,28). The summed E-state index contributed by atoms with van der Waals surface area (Å²) in [7, 11) is 0. The predicted octanol–water partition coefficient (Wildman–Crippen LogP) is 4.32. The van der Waals surface area contributed by atoms with E-state index in [0.717, 1.165) is 11.1 Å². The van der Waals surface area contributed by atoms with E-state index in [4.69, 9.17) is 4.42 Å². The van der Waals surface area contributed by atoms with Crippen LogP contribution in [0.25, 0.3) is 11.5 Å². The van der Waals surface area contributed by atoms with Crippen molar-refractivity contribution in [3.05, 3.63) is 108 Å². The van der Waals surface area contributed by atoms with Gasteiger partial charge in [-0.25, -0.2) is 4.39 Å². The Morgan fingerprint density at radius 3 is 2.24 bits per heavy atom.